The Morgan fingerprint density at radius 2 is 1.73 bits per heavy atom. The molecular formula is C15H13NO6. The van der Waals surface area contributed by atoms with Gasteiger partial charge in [0, 0.05) is 12.1 Å². The van der Waals surface area contributed by atoms with Crippen LogP contribution in [-0.2, 0) is 4.79 Å². The molecule has 7 heteroatoms. The van der Waals surface area contributed by atoms with Gasteiger partial charge in [-0.05, 0) is 24.3 Å². The number of benzene rings is 2. The Labute approximate surface area is 126 Å². The molecule has 2 rings (SSSR count). The van der Waals surface area contributed by atoms with Crippen LogP contribution in [0.15, 0.2) is 48.5 Å². The zero-order valence-corrected chi connectivity index (χ0v) is 11.7. The van der Waals surface area contributed by atoms with E-state index >= 15 is 0 Å². The maximum atomic E-state index is 11.7. The third-order valence-electron chi connectivity index (χ3n) is 2.70. The highest BCUT2D eigenvalue weighted by molar-refractivity contribution is 5.74. The minimum absolute atomic E-state index is 0.0519. The first kappa shape index (κ1) is 15.3. The third-order valence-corrected chi connectivity index (χ3v) is 2.70. The number of nitro groups is 1. The average molecular weight is 303 g/mol. The van der Waals surface area contributed by atoms with Crippen molar-refractivity contribution in [2.45, 2.75) is 0 Å². The molecule has 2 aromatic carbocycles. The Kier molecular flexibility index (Phi) is 4.92. The number of nitro benzene ring substituents is 1. The summed E-state index contributed by atoms with van der Waals surface area (Å²) in [6.45, 7) is -0.324. The smallest absolute Gasteiger partial charge is 0.349 e. The molecular weight excluding hydrogens is 290 g/mol. The maximum absolute atomic E-state index is 11.7. The molecule has 114 valence electrons. The largest absolute Gasteiger partial charge is 0.493 e. The van der Waals surface area contributed by atoms with Gasteiger partial charge in [0.25, 0.3) is 5.69 Å². The fourth-order valence-corrected chi connectivity index (χ4v) is 1.66. The summed E-state index contributed by atoms with van der Waals surface area (Å²) in [6.07, 6.45) is 0. The zero-order chi connectivity index (χ0) is 15.9. The highest BCUT2D eigenvalue weighted by atomic mass is 16.6. The van der Waals surface area contributed by atoms with Crippen LogP contribution in [0.25, 0.3) is 0 Å². The van der Waals surface area contributed by atoms with Gasteiger partial charge < -0.3 is 14.2 Å². The summed E-state index contributed by atoms with van der Waals surface area (Å²) in [5, 5.41) is 10.5. The zero-order valence-electron chi connectivity index (χ0n) is 11.7. The van der Waals surface area contributed by atoms with Gasteiger partial charge in [0.1, 0.15) is 5.75 Å². The van der Waals surface area contributed by atoms with E-state index in [0.29, 0.717) is 17.2 Å². The highest BCUT2D eigenvalue weighted by Crippen LogP contribution is 2.26. The van der Waals surface area contributed by atoms with Crippen molar-refractivity contribution in [2.24, 2.45) is 0 Å². The Hall–Kier alpha value is -3.09. The van der Waals surface area contributed by atoms with Gasteiger partial charge in [-0.2, -0.15) is 0 Å². The molecule has 0 saturated carbocycles. The van der Waals surface area contributed by atoms with Gasteiger partial charge in [-0.25, -0.2) is 4.79 Å². The number of nitrogens with zero attached hydrogens (tertiary/aromatic N) is 1. The number of carbonyl (C=O) groups is 1. The second-order valence-corrected chi connectivity index (χ2v) is 4.16. The lowest BCUT2D eigenvalue weighted by atomic mass is 10.3. The van der Waals surface area contributed by atoms with Gasteiger partial charge >= 0.3 is 5.97 Å². The first-order chi connectivity index (χ1) is 10.6. The van der Waals surface area contributed by atoms with Gasteiger partial charge in [-0.1, -0.05) is 12.1 Å². The van der Waals surface area contributed by atoms with Gasteiger partial charge in [-0.3, -0.25) is 10.1 Å². The van der Waals surface area contributed by atoms with E-state index in [-0.39, 0.29) is 12.3 Å². The van der Waals surface area contributed by atoms with Gasteiger partial charge in [0.05, 0.1) is 12.0 Å². The van der Waals surface area contributed by atoms with Gasteiger partial charge in [0.2, 0.25) is 0 Å². The number of esters is 1. The van der Waals surface area contributed by atoms with E-state index in [2.05, 4.69) is 0 Å². The molecule has 7 nitrogen and oxygen atoms in total. The summed E-state index contributed by atoms with van der Waals surface area (Å²) < 4.78 is 15.4. The van der Waals surface area contributed by atoms with E-state index in [1.165, 1.54) is 31.4 Å². The van der Waals surface area contributed by atoms with Crippen LogP contribution in [0.3, 0.4) is 0 Å². The predicted molar refractivity (Wildman–Crippen MR) is 77.2 cm³/mol. The summed E-state index contributed by atoms with van der Waals surface area (Å²) >= 11 is 0. The molecule has 0 heterocycles. The molecule has 0 atom stereocenters. The van der Waals surface area contributed by atoms with Crippen LogP contribution in [0.1, 0.15) is 0 Å². The van der Waals surface area contributed by atoms with Crippen molar-refractivity contribution in [3.63, 3.8) is 0 Å². The van der Waals surface area contributed by atoms with Crippen molar-refractivity contribution in [3.05, 3.63) is 58.6 Å². The fourth-order valence-electron chi connectivity index (χ4n) is 1.66. The second-order valence-electron chi connectivity index (χ2n) is 4.16. The summed E-state index contributed by atoms with van der Waals surface area (Å²) in [5.74, 6) is 0.457. The molecule has 0 radical (unpaired) electrons. The topological polar surface area (TPSA) is 87.9 Å². The number of hydrogen-bond acceptors (Lipinski definition) is 6. The number of carbonyl (C=O) groups excluding carboxylic acids is 1. The van der Waals surface area contributed by atoms with Crippen LogP contribution in [0.5, 0.6) is 17.2 Å². The molecule has 0 aliphatic rings. The average Bonchev–Trinajstić information content (AvgIpc) is 2.54. The van der Waals surface area contributed by atoms with E-state index in [0.717, 1.165) is 0 Å². The number of non-ortho nitro benzene ring substituents is 1. The Bertz CT molecular complexity index is 668. The lowest BCUT2D eigenvalue weighted by molar-refractivity contribution is -0.384. The first-order valence-corrected chi connectivity index (χ1v) is 6.31. The van der Waals surface area contributed by atoms with Crippen molar-refractivity contribution < 1.29 is 23.9 Å². The van der Waals surface area contributed by atoms with Crippen LogP contribution in [0.2, 0.25) is 0 Å². The molecule has 0 aliphatic heterocycles. The number of para-hydroxylation sites is 2. The monoisotopic (exact) mass is 303 g/mol. The molecule has 0 fully saturated rings. The van der Waals surface area contributed by atoms with E-state index in [9.17, 15) is 14.9 Å². The van der Waals surface area contributed by atoms with Crippen molar-refractivity contribution >= 4 is 11.7 Å². The Balaban J connectivity index is 1.91. The van der Waals surface area contributed by atoms with E-state index < -0.39 is 10.9 Å². The molecule has 0 unspecified atom stereocenters. The molecule has 0 bridgehead atoms. The number of hydrogen-bond donors (Lipinski definition) is 0. The van der Waals surface area contributed by atoms with Crippen LogP contribution >= 0.6 is 0 Å². The number of rotatable bonds is 6. The normalized spacial score (nSPS) is 9.86. The van der Waals surface area contributed by atoms with Crippen LogP contribution < -0.4 is 14.2 Å². The molecule has 22 heavy (non-hydrogen) atoms. The molecule has 0 amide bonds. The Morgan fingerprint density at radius 1 is 1.09 bits per heavy atom. The van der Waals surface area contributed by atoms with E-state index in [1.807, 2.05) is 0 Å². The highest BCUT2D eigenvalue weighted by Gasteiger charge is 2.11. The number of ether oxygens (including phenoxy) is 3. The second kappa shape index (κ2) is 7.07. The minimum Gasteiger partial charge on any atom is -0.493 e. The predicted octanol–water partition coefficient (Wildman–Crippen LogP) is 2.59. The molecule has 0 saturated heterocycles. The molecule has 0 spiro atoms. The van der Waals surface area contributed by atoms with Crippen molar-refractivity contribution in [2.75, 3.05) is 13.7 Å². The van der Waals surface area contributed by atoms with Crippen molar-refractivity contribution in [3.8, 4) is 17.2 Å². The maximum Gasteiger partial charge on any atom is 0.349 e. The van der Waals surface area contributed by atoms with Crippen molar-refractivity contribution in [1.29, 1.82) is 0 Å². The van der Waals surface area contributed by atoms with Crippen LogP contribution in [0, 0.1) is 10.1 Å². The molecule has 2 aromatic rings. The lowest BCUT2D eigenvalue weighted by Gasteiger charge is -2.09. The third kappa shape index (κ3) is 3.95. The molecule has 0 N–H and O–H groups in total. The summed E-state index contributed by atoms with van der Waals surface area (Å²) in [7, 11) is 1.47. The first-order valence-electron chi connectivity index (χ1n) is 6.31. The van der Waals surface area contributed by atoms with Gasteiger partial charge in [0.15, 0.2) is 18.1 Å². The fraction of sp³-hybridized carbons (Fsp3) is 0.133. The minimum atomic E-state index is -0.608. The summed E-state index contributed by atoms with van der Waals surface area (Å²) in [4.78, 5) is 21.7. The van der Waals surface area contributed by atoms with Crippen molar-refractivity contribution in [1.82, 2.24) is 0 Å². The van der Waals surface area contributed by atoms with Crippen LogP contribution in [0.4, 0.5) is 5.69 Å². The van der Waals surface area contributed by atoms with Gasteiger partial charge in [-0.15, -0.1) is 0 Å². The number of methoxy groups -OCH3 is 1. The summed E-state index contributed by atoms with van der Waals surface area (Å²) in [5.41, 5.74) is -0.0519. The lowest BCUT2D eigenvalue weighted by Crippen LogP contribution is -2.18. The quantitative estimate of drug-likeness (QED) is 0.353. The van der Waals surface area contributed by atoms with Crippen LogP contribution in [-0.4, -0.2) is 24.6 Å². The Morgan fingerprint density at radius 3 is 2.32 bits per heavy atom. The van der Waals surface area contributed by atoms with E-state index in [4.69, 9.17) is 14.2 Å². The summed E-state index contributed by atoms with van der Waals surface area (Å²) in [6, 6.07) is 12.1. The standard InChI is InChI=1S/C15H13NO6/c1-20-13-4-2-3-5-14(13)22-15(17)10-21-12-8-6-11(7-9-12)16(18)19/h2-9H,10H2,1H3. The SMILES string of the molecule is COc1ccccc1OC(=O)COc1ccc([N+](=O)[O-])cc1. The molecule has 0 aliphatic carbocycles. The molecule has 0 aromatic heterocycles. The van der Waals surface area contributed by atoms with E-state index in [1.54, 1.807) is 24.3 Å².